The number of hydrogen-bond donors (Lipinski definition) is 1. The fraction of sp³-hybridized carbons (Fsp3) is 0.600. The molecule has 0 atom stereocenters. The van der Waals surface area contributed by atoms with Gasteiger partial charge in [-0.1, -0.05) is 6.92 Å². The number of carboxylic acid groups (broad SMARTS) is 2. The Balaban J connectivity index is -0.0000000910. The van der Waals surface area contributed by atoms with E-state index < -0.39 is 11.9 Å². The molecule has 1 N–H and O–H groups in total. The summed E-state index contributed by atoms with van der Waals surface area (Å²) in [4.78, 5) is 18.3. The first-order chi connectivity index (χ1) is 4.00. The molecule has 0 spiro atoms. The van der Waals surface area contributed by atoms with E-state index in [9.17, 15) is 9.90 Å². The third-order valence-electron chi connectivity index (χ3n) is 0.289. The van der Waals surface area contributed by atoms with Crippen LogP contribution >= 0.6 is 0 Å². The van der Waals surface area contributed by atoms with Crippen LogP contribution in [0.15, 0.2) is 0 Å². The van der Waals surface area contributed by atoms with Crippen LogP contribution in [0.25, 0.3) is 0 Å². The minimum atomic E-state index is -0.995. The fourth-order valence-electron chi connectivity index (χ4n) is 0. The number of carbonyl (C=O) groups is 2. The molecule has 10 heavy (non-hydrogen) atoms. The second-order valence-electron chi connectivity index (χ2n) is 1.24. The summed E-state index contributed by atoms with van der Waals surface area (Å²) >= 11 is 0. The topological polar surface area (TPSA) is 77.4 Å². The standard InChI is InChI=1S/C3H6O2.C2H4O2.Na/c1-2-3(4)5;1-2(3)4;/h2H2,1H3,(H,4,5);1H3,(H,3,4);/q;;+1/p-1. The number of aliphatic carboxylic acids is 2. The minimum Gasteiger partial charge on any atom is -0.550 e. The van der Waals surface area contributed by atoms with Crippen LogP contribution in [0, 0.1) is 0 Å². The van der Waals surface area contributed by atoms with E-state index >= 15 is 0 Å². The molecule has 0 fully saturated rings. The van der Waals surface area contributed by atoms with Gasteiger partial charge in [-0.15, -0.1) is 0 Å². The zero-order chi connectivity index (χ0) is 7.86. The largest absolute Gasteiger partial charge is 1.00 e. The molecule has 0 aromatic rings. The Morgan fingerprint density at radius 2 is 1.60 bits per heavy atom. The normalized spacial score (nSPS) is 6.20. The molecule has 0 radical (unpaired) electrons. The predicted molar refractivity (Wildman–Crippen MR) is 28.6 cm³/mol. The summed E-state index contributed by atoms with van der Waals surface area (Å²) < 4.78 is 0. The van der Waals surface area contributed by atoms with Crippen LogP contribution in [0.4, 0.5) is 0 Å². The van der Waals surface area contributed by atoms with Gasteiger partial charge in [0.2, 0.25) is 0 Å². The molecule has 0 amide bonds. The van der Waals surface area contributed by atoms with Crippen LogP contribution in [0.1, 0.15) is 20.3 Å². The molecule has 0 heterocycles. The van der Waals surface area contributed by atoms with Gasteiger partial charge in [-0.25, -0.2) is 0 Å². The van der Waals surface area contributed by atoms with E-state index in [0.717, 1.165) is 6.92 Å². The van der Waals surface area contributed by atoms with E-state index in [1.807, 2.05) is 0 Å². The third-order valence-corrected chi connectivity index (χ3v) is 0.289. The first kappa shape index (κ1) is 16.5. The molecular formula is C5H9NaO4. The third kappa shape index (κ3) is 102. The fourth-order valence-corrected chi connectivity index (χ4v) is 0. The van der Waals surface area contributed by atoms with E-state index in [-0.39, 0.29) is 36.0 Å². The van der Waals surface area contributed by atoms with Crippen LogP contribution in [-0.4, -0.2) is 17.0 Å². The van der Waals surface area contributed by atoms with Crippen molar-refractivity contribution < 1.29 is 49.4 Å². The van der Waals surface area contributed by atoms with Crippen molar-refractivity contribution in [2.45, 2.75) is 20.3 Å². The summed E-state index contributed by atoms with van der Waals surface area (Å²) in [6, 6.07) is 0. The first-order valence-electron chi connectivity index (χ1n) is 2.40. The van der Waals surface area contributed by atoms with E-state index in [1.54, 1.807) is 0 Å². The SMILES string of the molecule is CC(=O)O.CCC(=O)[O-].[Na+]. The Labute approximate surface area is 81.5 Å². The monoisotopic (exact) mass is 156 g/mol. The maximum absolute atomic E-state index is 9.26. The molecule has 0 unspecified atom stereocenters. The van der Waals surface area contributed by atoms with Crippen molar-refractivity contribution in [2.75, 3.05) is 0 Å². The molecule has 0 bridgehead atoms. The maximum atomic E-state index is 9.26. The van der Waals surface area contributed by atoms with Crippen molar-refractivity contribution >= 4 is 11.9 Å². The second kappa shape index (κ2) is 11.7. The Hall–Kier alpha value is -0.0600. The van der Waals surface area contributed by atoms with Crippen LogP contribution in [0.2, 0.25) is 0 Å². The summed E-state index contributed by atoms with van der Waals surface area (Å²) in [5.41, 5.74) is 0. The molecule has 54 valence electrons. The second-order valence-corrected chi connectivity index (χ2v) is 1.24. The van der Waals surface area contributed by atoms with Crippen molar-refractivity contribution in [3.8, 4) is 0 Å². The Kier molecular flexibility index (Phi) is 19.3. The van der Waals surface area contributed by atoms with Gasteiger partial charge < -0.3 is 15.0 Å². The van der Waals surface area contributed by atoms with Gasteiger partial charge in [0.25, 0.3) is 5.97 Å². The summed E-state index contributed by atoms with van der Waals surface area (Å²) in [5, 5.41) is 16.7. The predicted octanol–water partition coefficient (Wildman–Crippen LogP) is -3.76. The van der Waals surface area contributed by atoms with Crippen molar-refractivity contribution in [3.05, 3.63) is 0 Å². The summed E-state index contributed by atoms with van der Waals surface area (Å²) in [5.74, 6) is -1.83. The molecule has 0 aliphatic rings. The quantitative estimate of drug-likeness (QED) is 0.395. The molecule has 5 heteroatoms. The molecule has 0 aliphatic heterocycles. The summed E-state index contributed by atoms with van der Waals surface area (Å²) in [6.07, 6.45) is 0.111. The van der Waals surface area contributed by atoms with Gasteiger partial charge in [-0.2, -0.15) is 0 Å². The van der Waals surface area contributed by atoms with Crippen molar-refractivity contribution in [3.63, 3.8) is 0 Å². The molecular weight excluding hydrogens is 147 g/mol. The zero-order valence-electron chi connectivity index (χ0n) is 6.38. The summed E-state index contributed by atoms with van der Waals surface area (Å²) in [7, 11) is 0. The average molecular weight is 156 g/mol. The van der Waals surface area contributed by atoms with Gasteiger partial charge in [-0.3, -0.25) is 4.79 Å². The Morgan fingerprint density at radius 1 is 1.50 bits per heavy atom. The maximum Gasteiger partial charge on any atom is 1.00 e. The zero-order valence-corrected chi connectivity index (χ0v) is 8.38. The molecule has 0 aromatic heterocycles. The van der Waals surface area contributed by atoms with E-state index in [1.165, 1.54) is 6.92 Å². The first-order valence-corrected chi connectivity index (χ1v) is 2.40. The van der Waals surface area contributed by atoms with Crippen LogP contribution in [-0.2, 0) is 9.59 Å². The Bertz CT molecular complexity index is 97.8. The molecule has 4 nitrogen and oxygen atoms in total. The van der Waals surface area contributed by atoms with Gasteiger partial charge in [0.1, 0.15) is 0 Å². The molecule has 0 saturated carbocycles. The number of carbonyl (C=O) groups excluding carboxylic acids is 1. The van der Waals surface area contributed by atoms with Gasteiger partial charge in [0.05, 0.1) is 0 Å². The van der Waals surface area contributed by atoms with Gasteiger partial charge in [-0.05, 0) is 6.42 Å². The van der Waals surface area contributed by atoms with Gasteiger partial charge in [0.15, 0.2) is 0 Å². The van der Waals surface area contributed by atoms with Crippen LogP contribution in [0.5, 0.6) is 0 Å². The van der Waals surface area contributed by atoms with Crippen LogP contribution < -0.4 is 34.7 Å². The summed E-state index contributed by atoms with van der Waals surface area (Å²) in [6.45, 7) is 2.62. The van der Waals surface area contributed by atoms with Gasteiger partial charge in [0, 0.05) is 12.9 Å². The smallest absolute Gasteiger partial charge is 0.550 e. The minimum absolute atomic E-state index is 0. The molecule has 0 aromatic carbocycles. The van der Waals surface area contributed by atoms with E-state index in [4.69, 9.17) is 9.90 Å². The number of hydrogen-bond acceptors (Lipinski definition) is 3. The van der Waals surface area contributed by atoms with E-state index in [0.29, 0.717) is 0 Å². The van der Waals surface area contributed by atoms with Crippen molar-refractivity contribution in [2.24, 2.45) is 0 Å². The Morgan fingerprint density at radius 3 is 1.60 bits per heavy atom. The van der Waals surface area contributed by atoms with Crippen molar-refractivity contribution in [1.82, 2.24) is 0 Å². The average Bonchev–Trinajstić information content (AvgIpc) is 1.65. The molecule has 0 rings (SSSR count). The molecule has 0 saturated heterocycles. The van der Waals surface area contributed by atoms with Crippen LogP contribution in [0.3, 0.4) is 0 Å². The van der Waals surface area contributed by atoms with Gasteiger partial charge >= 0.3 is 29.6 Å². The number of carboxylic acids is 2. The molecule has 0 aliphatic carbocycles. The van der Waals surface area contributed by atoms with E-state index in [2.05, 4.69) is 0 Å². The van der Waals surface area contributed by atoms with Crippen molar-refractivity contribution in [1.29, 1.82) is 0 Å². The number of rotatable bonds is 1.